The molecule has 0 aromatic heterocycles. The summed E-state index contributed by atoms with van der Waals surface area (Å²) in [6.07, 6.45) is 0.527. The standard InChI is InChI=1S/C15H21BN2O6/c1-9(17)18-7-5-11(8-18)24-12-3-2-10(4-6-16(22)23)14(19)13(12)15(20)21/h2-3,11,17,19,22-23H,4-8H2,1H3,(H,20,21)/t11-/m1/s1. The topological polar surface area (TPSA) is 134 Å². The Balaban J connectivity index is 2.19. The van der Waals surface area contributed by atoms with Gasteiger partial charge in [0.05, 0.1) is 12.4 Å². The second kappa shape index (κ2) is 7.54. The van der Waals surface area contributed by atoms with Crippen LogP contribution in [0.2, 0.25) is 6.32 Å². The molecule has 0 saturated carbocycles. The van der Waals surface area contributed by atoms with Crippen molar-refractivity contribution in [2.45, 2.75) is 32.2 Å². The van der Waals surface area contributed by atoms with E-state index in [2.05, 4.69) is 0 Å². The van der Waals surface area contributed by atoms with Crippen molar-refractivity contribution in [2.24, 2.45) is 0 Å². The SMILES string of the molecule is CC(=N)N1CC[C@@H](Oc2ccc(CCB(O)O)c(O)c2C(=O)O)C1. The number of aromatic hydroxyl groups is 1. The third-order valence-electron chi connectivity index (χ3n) is 4.02. The highest BCUT2D eigenvalue weighted by atomic mass is 16.5. The van der Waals surface area contributed by atoms with E-state index in [1.54, 1.807) is 6.92 Å². The Morgan fingerprint density at radius 1 is 1.46 bits per heavy atom. The Kier molecular flexibility index (Phi) is 5.69. The minimum absolute atomic E-state index is 0.0109. The highest BCUT2D eigenvalue weighted by molar-refractivity contribution is 6.41. The van der Waals surface area contributed by atoms with Gasteiger partial charge in [-0.15, -0.1) is 0 Å². The van der Waals surface area contributed by atoms with E-state index in [0.29, 0.717) is 30.9 Å². The lowest BCUT2D eigenvalue weighted by Crippen LogP contribution is -2.28. The summed E-state index contributed by atoms with van der Waals surface area (Å²) in [5, 5.41) is 45.0. The van der Waals surface area contributed by atoms with E-state index in [4.69, 9.17) is 20.2 Å². The zero-order valence-corrected chi connectivity index (χ0v) is 13.4. The largest absolute Gasteiger partial charge is 0.507 e. The van der Waals surface area contributed by atoms with Crippen molar-refractivity contribution < 1.29 is 29.8 Å². The average Bonchev–Trinajstić information content (AvgIpc) is 2.94. The number of phenols is 1. The number of hydrogen-bond acceptors (Lipinski definition) is 6. The molecule has 0 unspecified atom stereocenters. The van der Waals surface area contributed by atoms with E-state index in [1.807, 2.05) is 4.90 Å². The Hall–Kier alpha value is -2.26. The fraction of sp³-hybridized carbons (Fsp3) is 0.467. The van der Waals surface area contributed by atoms with Gasteiger partial charge in [-0.2, -0.15) is 0 Å². The summed E-state index contributed by atoms with van der Waals surface area (Å²) in [5.41, 5.74) is -0.0128. The molecule has 24 heavy (non-hydrogen) atoms. The number of hydrogen-bond donors (Lipinski definition) is 5. The van der Waals surface area contributed by atoms with Gasteiger partial charge in [0.1, 0.15) is 23.2 Å². The van der Waals surface area contributed by atoms with Crippen LogP contribution in [0.25, 0.3) is 0 Å². The number of nitrogens with one attached hydrogen (secondary N) is 1. The van der Waals surface area contributed by atoms with Crippen LogP contribution in [0.4, 0.5) is 0 Å². The zero-order chi connectivity index (χ0) is 17.9. The summed E-state index contributed by atoms with van der Waals surface area (Å²) in [6.45, 7) is 2.84. The number of nitrogens with zero attached hydrogens (tertiary/aromatic N) is 1. The molecular weight excluding hydrogens is 315 g/mol. The third kappa shape index (κ3) is 4.18. The number of carbonyl (C=O) groups is 1. The fourth-order valence-electron chi connectivity index (χ4n) is 2.72. The highest BCUT2D eigenvalue weighted by Gasteiger charge is 2.27. The number of aryl methyl sites for hydroxylation is 1. The van der Waals surface area contributed by atoms with Gasteiger partial charge in [0.15, 0.2) is 0 Å². The number of benzene rings is 1. The van der Waals surface area contributed by atoms with Crippen molar-refractivity contribution in [3.8, 4) is 11.5 Å². The molecule has 1 aliphatic rings. The Morgan fingerprint density at radius 2 is 2.17 bits per heavy atom. The first-order valence-corrected chi connectivity index (χ1v) is 7.70. The first-order chi connectivity index (χ1) is 11.3. The molecule has 1 saturated heterocycles. The van der Waals surface area contributed by atoms with Gasteiger partial charge >= 0.3 is 13.1 Å². The van der Waals surface area contributed by atoms with Crippen molar-refractivity contribution in [1.82, 2.24) is 4.90 Å². The number of ether oxygens (including phenoxy) is 1. The molecule has 5 N–H and O–H groups in total. The second-order valence-corrected chi connectivity index (χ2v) is 5.83. The molecule has 1 aliphatic heterocycles. The van der Waals surface area contributed by atoms with E-state index in [1.165, 1.54) is 12.1 Å². The van der Waals surface area contributed by atoms with Crippen LogP contribution >= 0.6 is 0 Å². The average molecular weight is 336 g/mol. The first kappa shape index (κ1) is 18.1. The maximum atomic E-state index is 11.5. The molecule has 1 heterocycles. The molecule has 0 amide bonds. The van der Waals surface area contributed by atoms with E-state index in [9.17, 15) is 15.0 Å². The lowest BCUT2D eigenvalue weighted by molar-refractivity contribution is 0.0685. The van der Waals surface area contributed by atoms with Crippen molar-refractivity contribution in [3.63, 3.8) is 0 Å². The van der Waals surface area contributed by atoms with Crippen molar-refractivity contribution in [2.75, 3.05) is 13.1 Å². The molecule has 0 bridgehead atoms. The summed E-state index contributed by atoms with van der Waals surface area (Å²) < 4.78 is 5.73. The summed E-state index contributed by atoms with van der Waals surface area (Å²) >= 11 is 0. The Bertz CT molecular complexity index is 637. The molecule has 8 nitrogen and oxygen atoms in total. The number of carboxylic acid groups (broad SMARTS) is 1. The quantitative estimate of drug-likeness (QED) is 0.291. The summed E-state index contributed by atoms with van der Waals surface area (Å²) in [7, 11) is -1.53. The fourth-order valence-corrected chi connectivity index (χ4v) is 2.72. The molecule has 9 heteroatoms. The molecule has 0 spiro atoms. The van der Waals surface area contributed by atoms with E-state index in [0.717, 1.165) is 0 Å². The van der Waals surface area contributed by atoms with Crippen LogP contribution in [-0.4, -0.2) is 63.3 Å². The molecule has 130 valence electrons. The minimum atomic E-state index is -1.53. The maximum Gasteiger partial charge on any atom is 0.451 e. The predicted molar refractivity (Wildman–Crippen MR) is 87.8 cm³/mol. The predicted octanol–water partition coefficient (Wildman–Crippen LogP) is 0.556. The third-order valence-corrected chi connectivity index (χ3v) is 4.02. The van der Waals surface area contributed by atoms with Crippen molar-refractivity contribution in [3.05, 3.63) is 23.3 Å². The molecule has 1 aromatic carbocycles. The van der Waals surface area contributed by atoms with Crippen LogP contribution in [0.3, 0.4) is 0 Å². The van der Waals surface area contributed by atoms with Gasteiger partial charge in [-0.3, -0.25) is 5.41 Å². The number of likely N-dealkylation sites (tertiary alicyclic amines) is 1. The molecule has 0 radical (unpaired) electrons. The van der Waals surface area contributed by atoms with Crippen LogP contribution in [0.15, 0.2) is 12.1 Å². The lowest BCUT2D eigenvalue weighted by atomic mass is 9.82. The Morgan fingerprint density at radius 3 is 2.71 bits per heavy atom. The summed E-state index contributed by atoms with van der Waals surface area (Å²) in [4.78, 5) is 13.3. The lowest BCUT2D eigenvalue weighted by Gasteiger charge is -2.19. The van der Waals surface area contributed by atoms with Gasteiger partial charge in [0.25, 0.3) is 0 Å². The van der Waals surface area contributed by atoms with Gasteiger partial charge in [-0.1, -0.05) is 6.07 Å². The number of rotatable bonds is 6. The Labute approximate surface area is 139 Å². The summed E-state index contributed by atoms with van der Waals surface area (Å²) in [5.74, 6) is -1.23. The van der Waals surface area contributed by atoms with Crippen LogP contribution < -0.4 is 4.74 Å². The summed E-state index contributed by atoms with van der Waals surface area (Å²) in [6, 6.07) is 3.00. The second-order valence-electron chi connectivity index (χ2n) is 5.83. The van der Waals surface area contributed by atoms with E-state index < -0.39 is 18.8 Å². The van der Waals surface area contributed by atoms with Crippen LogP contribution in [0, 0.1) is 5.41 Å². The first-order valence-electron chi connectivity index (χ1n) is 7.70. The van der Waals surface area contributed by atoms with Crippen molar-refractivity contribution >= 4 is 18.9 Å². The number of amidine groups is 1. The van der Waals surface area contributed by atoms with Crippen LogP contribution in [-0.2, 0) is 6.42 Å². The van der Waals surface area contributed by atoms with Gasteiger partial charge in [0, 0.05) is 13.0 Å². The number of aromatic carboxylic acids is 1. The molecule has 1 fully saturated rings. The van der Waals surface area contributed by atoms with E-state index >= 15 is 0 Å². The molecule has 1 aromatic rings. The minimum Gasteiger partial charge on any atom is -0.507 e. The monoisotopic (exact) mass is 336 g/mol. The van der Waals surface area contributed by atoms with Crippen molar-refractivity contribution in [1.29, 1.82) is 5.41 Å². The molecule has 1 atom stereocenters. The van der Waals surface area contributed by atoms with Gasteiger partial charge in [-0.05, 0) is 31.3 Å². The zero-order valence-electron chi connectivity index (χ0n) is 13.4. The molecular formula is C15H21BN2O6. The number of carboxylic acids is 1. The van der Waals surface area contributed by atoms with Gasteiger partial charge < -0.3 is 29.9 Å². The van der Waals surface area contributed by atoms with Gasteiger partial charge in [0.2, 0.25) is 0 Å². The molecule has 0 aliphatic carbocycles. The van der Waals surface area contributed by atoms with E-state index in [-0.39, 0.29) is 30.2 Å². The maximum absolute atomic E-state index is 11.5. The smallest absolute Gasteiger partial charge is 0.451 e. The highest BCUT2D eigenvalue weighted by Crippen LogP contribution is 2.33. The normalized spacial score (nSPS) is 17.0. The van der Waals surface area contributed by atoms with Gasteiger partial charge in [-0.25, -0.2) is 4.79 Å². The van der Waals surface area contributed by atoms with Crippen LogP contribution in [0.5, 0.6) is 11.5 Å². The molecule has 2 rings (SSSR count). The van der Waals surface area contributed by atoms with Crippen LogP contribution in [0.1, 0.15) is 29.3 Å².